The third kappa shape index (κ3) is 2.19. The van der Waals surface area contributed by atoms with Gasteiger partial charge in [-0.3, -0.25) is 0 Å². The van der Waals surface area contributed by atoms with Crippen LogP contribution in [-0.4, -0.2) is 38.7 Å². The van der Waals surface area contributed by atoms with Crippen LogP contribution in [0, 0.1) is 33.5 Å². The highest BCUT2D eigenvalue weighted by Crippen LogP contribution is 2.82. The molecule has 0 saturated heterocycles. The molecule has 1 aliphatic carbocycles. The molecule has 8 heteroatoms. The summed E-state index contributed by atoms with van der Waals surface area (Å²) in [6, 6.07) is 9.86. The molecular weight excluding hydrogens is 360 g/mol. The number of nitrogens with two attached hydrogens (primary N) is 1. The number of ether oxygens (including phenoxy) is 4. The number of hydrogen-bond donors (Lipinski definition) is 1. The van der Waals surface area contributed by atoms with Crippen molar-refractivity contribution in [1.29, 1.82) is 10.5 Å². The molecule has 1 saturated carbocycles. The molecule has 28 heavy (non-hydrogen) atoms. The Morgan fingerprint density at radius 3 is 2.25 bits per heavy atom. The zero-order chi connectivity index (χ0) is 20.6. The topological polar surface area (TPSA) is 123 Å². The Bertz CT molecular complexity index is 881. The summed E-state index contributed by atoms with van der Waals surface area (Å²) in [7, 11) is 1.54. The largest absolute Gasteiger partial charge is 0.493 e. The van der Waals surface area contributed by atoms with E-state index in [1.165, 1.54) is 7.11 Å². The molecular formula is C20H24N4O4. The van der Waals surface area contributed by atoms with Gasteiger partial charge in [-0.25, -0.2) is 4.99 Å². The van der Waals surface area contributed by atoms with Crippen molar-refractivity contribution in [2.45, 2.75) is 32.6 Å². The van der Waals surface area contributed by atoms with Crippen molar-refractivity contribution in [3.63, 3.8) is 0 Å². The summed E-state index contributed by atoms with van der Waals surface area (Å²) >= 11 is 0. The summed E-state index contributed by atoms with van der Waals surface area (Å²) in [5.74, 6) is -1.05. The van der Waals surface area contributed by atoms with Crippen molar-refractivity contribution in [3.05, 3.63) is 23.8 Å². The first-order valence-corrected chi connectivity index (χ1v) is 9.25. The lowest BCUT2D eigenvalue weighted by Crippen LogP contribution is -2.43. The Morgan fingerprint density at radius 1 is 1.07 bits per heavy atom. The Morgan fingerprint density at radius 2 is 1.75 bits per heavy atom. The average molecular weight is 384 g/mol. The number of rotatable bonds is 8. The second-order valence-electron chi connectivity index (χ2n) is 6.56. The second kappa shape index (κ2) is 6.97. The predicted molar refractivity (Wildman–Crippen MR) is 101 cm³/mol. The maximum absolute atomic E-state index is 10.2. The average Bonchev–Trinajstić information content (AvgIpc) is 3.27. The molecule has 3 unspecified atom stereocenters. The lowest BCUT2D eigenvalue weighted by Gasteiger charge is -2.31. The highest BCUT2D eigenvalue weighted by Gasteiger charge is 2.93. The van der Waals surface area contributed by atoms with Crippen LogP contribution in [-0.2, 0) is 9.47 Å². The molecule has 1 aromatic carbocycles. The summed E-state index contributed by atoms with van der Waals surface area (Å²) in [6.45, 7) is 6.43. The normalized spacial score (nSPS) is 29.2. The highest BCUT2D eigenvalue weighted by atomic mass is 16.7. The van der Waals surface area contributed by atoms with Gasteiger partial charge in [0.1, 0.15) is 11.3 Å². The molecule has 3 rings (SSSR count). The Balaban J connectivity index is 2.17. The highest BCUT2D eigenvalue weighted by molar-refractivity contribution is 6.00. The summed E-state index contributed by atoms with van der Waals surface area (Å²) in [5.41, 5.74) is 4.20. The first kappa shape index (κ1) is 19.9. The van der Waals surface area contributed by atoms with Crippen molar-refractivity contribution in [1.82, 2.24) is 0 Å². The van der Waals surface area contributed by atoms with E-state index >= 15 is 0 Å². The maximum Gasteiger partial charge on any atom is 0.293 e. The zero-order valence-electron chi connectivity index (χ0n) is 16.5. The number of benzene rings is 1. The fourth-order valence-corrected chi connectivity index (χ4v) is 4.39. The maximum atomic E-state index is 10.2. The molecule has 8 nitrogen and oxygen atoms in total. The number of hydrogen-bond acceptors (Lipinski definition) is 8. The molecule has 1 aliphatic heterocycles. The minimum atomic E-state index is -1.62. The van der Waals surface area contributed by atoms with E-state index in [4.69, 9.17) is 24.7 Å². The quantitative estimate of drug-likeness (QED) is 0.682. The summed E-state index contributed by atoms with van der Waals surface area (Å²) in [5, 5.41) is 20.3. The van der Waals surface area contributed by atoms with Crippen LogP contribution in [0.1, 0.15) is 32.3 Å². The smallest absolute Gasteiger partial charge is 0.293 e. The Labute approximate surface area is 164 Å². The van der Waals surface area contributed by atoms with Gasteiger partial charge in [0, 0.05) is 19.1 Å². The van der Waals surface area contributed by atoms with Crippen LogP contribution < -0.4 is 15.2 Å². The summed E-state index contributed by atoms with van der Waals surface area (Å²) < 4.78 is 22.7. The molecule has 0 radical (unpaired) electrons. The van der Waals surface area contributed by atoms with Gasteiger partial charge in [0.05, 0.1) is 25.9 Å². The van der Waals surface area contributed by atoms with Gasteiger partial charge in [0.2, 0.25) is 0 Å². The first-order chi connectivity index (χ1) is 13.5. The SMILES string of the molecule is CCOc1ccc(C2C3(C#N)C(N)=NC(OCC)(OCC)C23C#N)cc1OC. The van der Waals surface area contributed by atoms with E-state index in [2.05, 4.69) is 17.1 Å². The van der Waals surface area contributed by atoms with Crippen molar-refractivity contribution >= 4 is 5.84 Å². The summed E-state index contributed by atoms with van der Waals surface area (Å²) in [4.78, 5) is 4.33. The van der Waals surface area contributed by atoms with E-state index in [0.29, 0.717) is 23.7 Å². The molecule has 148 valence electrons. The van der Waals surface area contributed by atoms with Gasteiger partial charge in [0.25, 0.3) is 5.91 Å². The molecule has 1 heterocycles. The number of nitriles is 2. The summed E-state index contributed by atoms with van der Waals surface area (Å²) in [6.07, 6.45) is 0. The van der Waals surface area contributed by atoms with Crippen LogP contribution in [0.4, 0.5) is 0 Å². The monoisotopic (exact) mass is 384 g/mol. The number of aliphatic imine (C=N–C) groups is 1. The van der Waals surface area contributed by atoms with Crippen molar-refractivity contribution in [3.8, 4) is 23.6 Å². The Hall–Kier alpha value is -2.81. The fourth-order valence-electron chi connectivity index (χ4n) is 4.39. The van der Waals surface area contributed by atoms with Crippen LogP contribution >= 0.6 is 0 Å². The number of methoxy groups -OCH3 is 1. The van der Waals surface area contributed by atoms with E-state index in [1.54, 1.807) is 26.0 Å². The van der Waals surface area contributed by atoms with E-state index in [0.717, 1.165) is 0 Å². The van der Waals surface area contributed by atoms with Crippen LogP contribution in [0.25, 0.3) is 0 Å². The number of amidine groups is 1. The van der Waals surface area contributed by atoms with Gasteiger partial charge >= 0.3 is 0 Å². The molecule has 0 bridgehead atoms. The molecule has 0 aromatic heterocycles. The minimum Gasteiger partial charge on any atom is -0.493 e. The zero-order valence-corrected chi connectivity index (χ0v) is 16.5. The van der Waals surface area contributed by atoms with Gasteiger partial charge in [0.15, 0.2) is 16.9 Å². The van der Waals surface area contributed by atoms with E-state index in [9.17, 15) is 10.5 Å². The van der Waals surface area contributed by atoms with E-state index < -0.39 is 22.7 Å². The molecule has 3 atom stereocenters. The molecule has 1 aromatic rings. The fraction of sp³-hybridized carbons (Fsp3) is 0.550. The van der Waals surface area contributed by atoms with Crippen LogP contribution in [0.2, 0.25) is 0 Å². The lowest BCUT2D eigenvalue weighted by molar-refractivity contribution is -0.255. The van der Waals surface area contributed by atoms with Gasteiger partial charge < -0.3 is 24.7 Å². The lowest BCUT2D eigenvalue weighted by atomic mass is 9.93. The molecule has 1 fully saturated rings. The van der Waals surface area contributed by atoms with Crippen LogP contribution in [0.5, 0.6) is 11.5 Å². The standard InChI is InChI=1S/C20H24N4O4/c1-5-26-14-9-8-13(10-15(14)25-4)16-18(11-21)17(23)24-20(27-6-2,28-7-3)19(16,18)12-22/h8-10,16H,5-7H2,1-4H3,(H2,23,24). The second-order valence-corrected chi connectivity index (χ2v) is 6.56. The van der Waals surface area contributed by atoms with E-state index in [-0.39, 0.29) is 19.0 Å². The number of fused-ring (bicyclic) bond motifs is 1. The molecule has 0 amide bonds. The predicted octanol–water partition coefficient (Wildman–Crippen LogP) is 2.31. The van der Waals surface area contributed by atoms with Crippen LogP contribution in [0.3, 0.4) is 0 Å². The van der Waals surface area contributed by atoms with Gasteiger partial charge in [-0.15, -0.1) is 0 Å². The van der Waals surface area contributed by atoms with Crippen molar-refractivity contribution < 1.29 is 18.9 Å². The van der Waals surface area contributed by atoms with Gasteiger partial charge in [-0.05, 0) is 38.5 Å². The van der Waals surface area contributed by atoms with Gasteiger partial charge in [-0.1, -0.05) is 6.07 Å². The Kier molecular flexibility index (Phi) is 4.97. The third-order valence-corrected chi connectivity index (χ3v) is 5.43. The van der Waals surface area contributed by atoms with Gasteiger partial charge in [-0.2, -0.15) is 10.5 Å². The molecule has 0 spiro atoms. The third-order valence-electron chi connectivity index (χ3n) is 5.43. The van der Waals surface area contributed by atoms with E-state index in [1.807, 2.05) is 13.0 Å². The van der Waals surface area contributed by atoms with Crippen LogP contribution in [0.15, 0.2) is 23.2 Å². The molecule has 2 N–H and O–H groups in total. The minimum absolute atomic E-state index is 0.0521. The first-order valence-electron chi connectivity index (χ1n) is 9.25. The van der Waals surface area contributed by atoms with Crippen molar-refractivity contribution in [2.75, 3.05) is 26.9 Å². The number of nitrogens with zero attached hydrogens (tertiary/aromatic N) is 3. The van der Waals surface area contributed by atoms with Crippen molar-refractivity contribution in [2.24, 2.45) is 21.6 Å². The molecule has 2 aliphatic rings.